The first kappa shape index (κ1) is 106. The van der Waals surface area contributed by atoms with Crippen LogP contribution >= 0.6 is 24.8 Å². The zero-order chi connectivity index (χ0) is 94.6. The maximum absolute atomic E-state index is 14.2. The number of nitrogens with two attached hydrogens (primary N) is 1. The van der Waals surface area contributed by atoms with Gasteiger partial charge in [0.2, 0.25) is 5.69 Å². The molecule has 6 bridgehead atoms. The Hall–Kier alpha value is -9.27. The fourth-order valence-corrected chi connectivity index (χ4v) is 22.1. The van der Waals surface area contributed by atoms with Gasteiger partial charge in [-0.05, 0) is 235 Å². The van der Waals surface area contributed by atoms with Crippen LogP contribution in [0.5, 0.6) is 0 Å². The number of carbonyl (C=O) groups excluding carboxylic acids is 6. The molecule has 2 amide bonds. The van der Waals surface area contributed by atoms with E-state index < -0.39 is 129 Å². The van der Waals surface area contributed by atoms with Crippen LogP contribution in [0.3, 0.4) is 0 Å². The van der Waals surface area contributed by atoms with E-state index in [-0.39, 0.29) is 60.7 Å². The first-order chi connectivity index (χ1) is 62.1. The van der Waals surface area contributed by atoms with Crippen molar-refractivity contribution in [3.63, 3.8) is 0 Å². The lowest BCUT2D eigenvalue weighted by atomic mass is 9.89. The SMILES string of the molecule is CC(C)(C)OC(=O)CC(N)C(=O)OC(C)(C)C.CC(C)(C)OC(=O)CC(NC(=O)c1nc2ccccc2n(C2C[C@H]3CC[C@@H](C2)N3C2CCCCCCC2)c1=O)C(=O)OC(C)(C)C.Cl.Cl.O=C(O)CC(NC(=O)c1nc2ccccc2n(C2C[C@H]3CC[C@@H](C2)N3C2CCCCCCC2)c1=O)C(=O)O.O=C(O)c1nc2ccccc2n(C2C[C@H]3CC[C@@H](C2)N3C2CCCCCCC2)c1=O. The second-order valence-electron chi connectivity index (χ2n) is 41.8. The highest BCUT2D eigenvalue weighted by molar-refractivity contribution is 5.98. The van der Waals surface area contributed by atoms with Crippen molar-refractivity contribution in [3.8, 4) is 0 Å². The quantitative estimate of drug-likeness (QED) is 0.0305. The summed E-state index contributed by atoms with van der Waals surface area (Å²) < 4.78 is 26.3. The van der Waals surface area contributed by atoms with Gasteiger partial charge in [-0.15, -0.1) is 24.8 Å². The third-order valence-electron chi connectivity index (χ3n) is 27.2. The van der Waals surface area contributed by atoms with Gasteiger partial charge in [-0.1, -0.05) is 133 Å². The van der Waals surface area contributed by atoms with E-state index in [0.29, 0.717) is 82.0 Å². The Bertz CT molecular complexity index is 5200. The Morgan fingerprint density at radius 1 is 0.353 bits per heavy atom. The number of carboxylic acids is 3. The zero-order valence-electron chi connectivity index (χ0n) is 79.8. The summed E-state index contributed by atoms with van der Waals surface area (Å²) in [6.45, 7) is 20.8. The fourth-order valence-electron chi connectivity index (χ4n) is 22.1. The predicted molar refractivity (Wildman–Crippen MR) is 512 cm³/mol. The molecule has 3 saturated carbocycles. The van der Waals surface area contributed by atoms with Gasteiger partial charge in [0.1, 0.15) is 40.5 Å². The van der Waals surface area contributed by atoms with Crippen LogP contribution in [-0.2, 0) is 47.7 Å². The highest BCUT2D eigenvalue weighted by atomic mass is 35.5. The molecule has 3 aromatic heterocycles. The van der Waals surface area contributed by atoms with Crippen LogP contribution in [0.15, 0.2) is 87.2 Å². The number of nitrogens with one attached hydrogen (secondary N) is 2. The van der Waals surface area contributed by atoms with E-state index >= 15 is 0 Å². The normalized spacial score (nSPS) is 23.7. The number of nitrogens with zero attached hydrogens (tertiary/aromatic N) is 9. The molecule has 6 unspecified atom stereocenters. The Morgan fingerprint density at radius 2 is 0.624 bits per heavy atom. The van der Waals surface area contributed by atoms with Crippen LogP contribution in [-0.4, -0.2) is 207 Å². The average molecular weight is 1890 g/mol. The number of ether oxygens (including phenoxy) is 4. The van der Waals surface area contributed by atoms with Crippen molar-refractivity contribution in [2.24, 2.45) is 5.73 Å². The van der Waals surface area contributed by atoms with E-state index in [4.69, 9.17) is 29.8 Å². The largest absolute Gasteiger partial charge is 0.481 e. The summed E-state index contributed by atoms with van der Waals surface area (Å²) in [5.41, 5.74) is 3.88. The van der Waals surface area contributed by atoms with Crippen molar-refractivity contribution in [2.45, 2.75) is 427 Å². The van der Waals surface area contributed by atoms with Crippen LogP contribution in [0.4, 0.5) is 0 Å². The van der Waals surface area contributed by atoms with E-state index in [1.54, 1.807) is 121 Å². The lowest BCUT2D eigenvalue weighted by Gasteiger charge is -2.45. The maximum atomic E-state index is 14.2. The molecule has 0 spiro atoms. The van der Waals surface area contributed by atoms with Gasteiger partial charge >= 0.3 is 41.8 Å². The van der Waals surface area contributed by atoms with Gasteiger partial charge in [0.05, 0.1) is 52.4 Å². The number of hydrogen-bond donors (Lipinski definition) is 6. The van der Waals surface area contributed by atoms with E-state index in [1.807, 2.05) is 48.5 Å². The van der Waals surface area contributed by atoms with E-state index in [1.165, 1.54) is 148 Å². The van der Waals surface area contributed by atoms with E-state index in [0.717, 1.165) is 69.7 Å². The molecule has 6 aliphatic heterocycles. The molecule has 9 heterocycles. The molecule has 6 saturated heterocycles. The molecular formula is C100H144Cl2N12O19. The molecule has 732 valence electrons. The summed E-state index contributed by atoms with van der Waals surface area (Å²) >= 11 is 0. The van der Waals surface area contributed by atoms with E-state index in [9.17, 15) is 67.7 Å². The predicted octanol–water partition coefficient (Wildman–Crippen LogP) is 15.8. The van der Waals surface area contributed by atoms with Gasteiger partial charge < -0.3 is 64.3 Å². The highest BCUT2D eigenvalue weighted by Crippen LogP contribution is 2.48. The van der Waals surface area contributed by atoms with Crippen molar-refractivity contribution >= 4 is 112 Å². The van der Waals surface area contributed by atoms with Gasteiger partial charge in [-0.2, -0.15) is 0 Å². The lowest BCUT2D eigenvalue weighted by Crippen LogP contribution is -2.51. The number of hydrogen-bond acceptors (Lipinski definition) is 23. The second kappa shape index (κ2) is 46.5. The fraction of sp³-hybridized carbons (Fsp3) is 0.670. The number of fused-ring (bicyclic) bond motifs is 9. The van der Waals surface area contributed by atoms with Crippen LogP contribution in [0.1, 0.15) is 364 Å². The minimum Gasteiger partial charge on any atom is -0.481 e. The Labute approximate surface area is 792 Å². The van der Waals surface area contributed by atoms with Gasteiger partial charge in [-0.3, -0.25) is 57.9 Å². The Kier molecular flexibility index (Phi) is 37.0. The standard InChI is InChI=1S/C36H52N4O6.C28H36N4O6.C24H31N3O3.C12H23NO4.2ClH/c1-35(2,3)45-30(41)22-28(34(44)46-36(4,5)6)38-32(42)31-33(43)40(29-17-13-12-16-27(29)37-31)26-20-24-18-19-25(21-26)39(24)23-14-10-8-7-9-11-15-23;33-24(34)16-22(28(37)38)30-26(35)25-27(36)32(23-11-7-6-10-21(23)29-25)20-14-18-12-13-19(15-20)31(18)17-8-4-2-1-3-5-9-17;28-23-22(24(29)30)25-20-10-6-7-11-21(20)27(23)19-14-17-12-13-18(15-19)26(17)16-8-4-2-1-3-5-9-16;1-11(2,3)16-9(14)7-8(13)10(15)17-12(4,5)6;;/h12-13,16-17,23-26,28H,7-11,14-15,18-22H2,1-6H3,(H,38,42);6-7,10-11,17-20,22H,1-5,8-9,12-16H2,(H,30,35)(H,33,34)(H,37,38);6-7,10-11,16-19H,1-5,8-9,12-15H2,(H,29,30);8H,7,13H2,1-6H3;2*1H/t24-,25+,26?,28?;18-,19+,20?,22?;17-,18+,19?;;;. The topological polar surface area (TPSA) is 416 Å². The Morgan fingerprint density at radius 3 is 0.917 bits per heavy atom. The first-order valence-corrected chi connectivity index (χ1v) is 48.4. The number of aliphatic carboxylic acids is 2. The van der Waals surface area contributed by atoms with Gasteiger partial charge in [0, 0.05) is 72.5 Å². The summed E-state index contributed by atoms with van der Waals surface area (Å²) in [6, 6.07) is 22.4. The number of halogens is 2. The molecule has 6 aromatic rings. The molecule has 0 radical (unpaired) electrons. The second-order valence-corrected chi connectivity index (χ2v) is 41.8. The van der Waals surface area contributed by atoms with Gasteiger partial charge in [-0.25, -0.2) is 29.3 Å². The van der Waals surface area contributed by atoms with Gasteiger partial charge in [0.15, 0.2) is 11.4 Å². The molecule has 31 nitrogen and oxygen atoms in total. The summed E-state index contributed by atoms with van der Waals surface area (Å²) in [5, 5.41) is 32.7. The number of para-hydroxylation sites is 6. The van der Waals surface area contributed by atoms with Crippen LogP contribution in [0, 0.1) is 0 Å². The smallest absolute Gasteiger partial charge is 0.360 e. The highest BCUT2D eigenvalue weighted by Gasteiger charge is 2.49. The Balaban J connectivity index is 0.000000192. The first-order valence-electron chi connectivity index (χ1n) is 48.4. The summed E-state index contributed by atoms with van der Waals surface area (Å²) in [4.78, 5) is 172. The number of carbonyl (C=O) groups is 9. The van der Waals surface area contributed by atoms with Crippen molar-refractivity contribution in [3.05, 3.63) is 121 Å². The minimum absolute atomic E-state index is 0. The molecule has 12 atom stereocenters. The molecular weight excluding hydrogens is 1740 g/mol. The van der Waals surface area contributed by atoms with E-state index in [2.05, 4.69) is 40.3 Å². The average Bonchev–Trinajstić information content (AvgIpc) is 1.68. The number of rotatable bonds is 20. The van der Waals surface area contributed by atoms with Crippen molar-refractivity contribution in [2.75, 3.05) is 0 Å². The summed E-state index contributed by atoms with van der Waals surface area (Å²) in [5.74, 6) is -8.44. The molecule has 7 N–H and O–H groups in total. The number of esters is 4. The third-order valence-corrected chi connectivity index (χ3v) is 27.2. The molecule has 133 heavy (non-hydrogen) atoms. The molecule has 33 heteroatoms. The van der Waals surface area contributed by atoms with Crippen molar-refractivity contribution in [1.29, 1.82) is 0 Å². The monoisotopic (exact) mass is 1890 g/mol. The number of aromatic nitrogens is 6. The molecule has 15 rings (SSSR count). The van der Waals surface area contributed by atoms with Crippen molar-refractivity contribution < 1.29 is 77.4 Å². The molecule has 3 aromatic carbocycles. The van der Waals surface area contributed by atoms with Crippen LogP contribution < -0.4 is 33.0 Å². The molecule has 3 aliphatic carbocycles. The zero-order valence-corrected chi connectivity index (χ0v) is 81.5. The van der Waals surface area contributed by atoms with Gasteiger partial charge in [0.25, 0.3) is 28.5 Å². The molecule has 9 fully saturated rings. The summed E-state index contributed by atoms with van der Waals surface area (Å²) in [7, 11) is 0. The number of amides is 2. The van der Waals surface area contributed by atoms with Crippen LogP contribution in [0.25, 0.3) is 33.1 Å². The number of benzene rings is 3. The lowest BCUT2D eigenvalue weighted by molar-refractivity contribution is -0.164. The number of carboxylic acid groups (broad SMARTS) is 3. The number of piperidine rings is 3. The minimum atomic E-state index is -1.66. The van der Waals surface area contributed by atoms with Crippen LogP contribution in [0.2, 0.25) is 0 Å². The number of aromatic carboxylic acids is 1. The molecule has 9 aliphatic rings. The summed E-state index contributed by atoms with van der Waals surface area (Å²) in [6.07, 6.45) is 38.0. The van der Waals surface area contributed by atoms with Crippen molar-refractivity contribution in [1.82, 2.24) is 54.0 Å². The third kappa shape index (κ3) is 28.0. The maximum Gasteiger partial charge on any atom is 0.360 e.